The Balaban J connectivity index is 2.69. The molecule has 0 saturated carbocycles. The topological polar surface area (TPSA) is 0 Å². The highest BCUT2D eigenvalue weighted by Crippen LogP contribution is 2.22. The third-order valence-electron chi connectivity index (χ3n) is 2.48. The Bertz CT molecular complexity index is 266. The lowest BCUT2D eigenvalue weighted by atomic mass is 9.86. The Morgan fingerprint density at radius 3 is 2.07 bits per heavy atom. The molecular formula is C13H20Si. The van der Waals surface area contributed by atoms with Crippen LogP contribution < -0.4 is 0 Å². The Hall–Kier alpha value is -0.563. The molecule has 0 atom stereocenters. The van der Waals surface area contributed by atoms with E-state index in [0.29, 0.717) is 0 Å². The van der Waals surface area contributed by atoms with Gasteiger partial charge in [-0.2, -0.15) is 0 Å². The van der Waals surface area contributed by atoms with E-state index in [0.717, 1.165) is 9.52 Å². The first kappa shape index (κ1) is 11.5. The molecule has 0 unspecified atom stereocenters. The lowest BCUT2D eigenvalue weighted by molar-refractivity contribution is 0.590. The molecule has 0 aliphatic heterocycles. The SMILES string of the molecule is C[Si]CCc1ccc(C(C)(C)C)cc1. The van der Waals surface area contributed by atoms with E-state index in [1.54, 1.807) is 0 Å². The van der Waals surface area contributed by atoms with E-state index in [2.05, 4.69) is 51.6 Å². The van der Waals surface area contributed by atoms with Crippen molar-refractivity contribution in [2.24, 2.45) is 0 Å². The first-order valence-corrected chi connectivity index (χ1v) is 6.99. The molecular weight excluding hydrogens is 184 g/mol. The maximum atomic E-state index is 2.28. The number of hydrogen-bond acceptors (Lipinski definition) is 0. The molecule has 0 aliphatic carbocycles. The van der Waals surface area contributed by atoms with Crippen LogP contribution in [0.15, 0.2) is 24.3 Å². The quantitative estimate of drug-likeness (QED) is 0.659. The van der Waals surface area contributed by atoms with Crippen molar-refractivity contribution in [3.05, 3.63) is 35.4 Å². The van der Waals surface area contributed by atoms with Gasteiger partial charge < -0.3 is 0 Å². The highest BCUT2D eigenvalue weighted by molar-refractivity contribution is 6.33. The van der Waals surface area contributed by atoms with Gasteiger partial charge in [-0.25, -0.2) is 0 Å². The van der Waals surface area contributed by atoms with Crippen LogP contribution in [0.2, 0.25) is 12.6 Å². The summed E-state index contributed by atoms with van der Waals surface area (Å²) in [7, 11) is 1.07. The van der Waals surface area contributed by atoms with Crippen molar-refractivity contribution in [2.75, 3.05) is 0 Å². The van der Waals surface area contributed by atoms with Crippen molar-refractivity contribution >= 4 is 9.52 Å². The van der Waals surface area contributed by atoms with E-state index in [1.807, 2.05) is 0 Å². The molecule has 1 rings (SSSR count). The summed E-state index contributed by atoms with van der Waals surface area (Å²) in [5.74, 6) is 0. The highest BCUT2D eigenvalue weighted by Gasteiger charge is 2.12. The summed E-state index contributed by atoms with van der Waals surface area (Å²) >= 11 is 0. The standard InChI is InChI=1S/C13H20Si/c1-13(2,3)12-7-5-11(6-8-12)9-10-14-4/h5-8H,9-10H2,1-4H3. The molecule has 0 amide bonds. The van der Waals surface area contributed by atoms with Gasteiger partial charge in [-0.1, -0.05) is 57.6 Å². The number of hydrogen-bond donors (Lipinski definition) is 0. The van der Waals surface area contributed by atoms with Crippen molar-refractivity contribution in [3.8, 4) is 0 Å². The summed E-state index contributed by atoms with van der Waals surface area (Å²) in [4.78, 5) is 0. The molecule has 0 spiro atoms. The molecule has 76 valence electrons. The Labute approximate surface area is 90.6 Å². The zero-order valence-electron chi connectivity index (χ0n) is 9.72. The molecule has 1 aromatic carbocycles. The van der Waals surface area contributed by atoms with Crippen molar-refractivity contribution in [2.45, 2.75) is 45.2 Å². The first-order valence-electron chi connectivity index (χ1n) is 5.28. The summed E-state index contributed by atoms with van der Waals surface area (Å²) in [6, 6.07) is 10.4. The summed E-state index contributed by atoms with van der Waals surface area (Å²) in [5.41, 5.74) is 3.19. The van der Waals surface area contributed by atoms with Crippen LogP contribution in [0.5, 0.6) is 0 Å². The van der Waals surface area contributed by atoms with Crippen molar-refractivity contribution in [1.82, 2.24) is 0 Å². The fourth-order valence-corrected chi connectivity index (χ4v) is 1.98. The van der Waals surface area contributed by atoms with Crippen molar-refractivity contribution in [1.29, 1.82) is 0 Å². The van der Waals surface area contributed by atoms with E-state index < -0.39 is 0 Å². The predicted octanol–water partition coefficient (Wildman–Crippen LogP) is 3.70. The highest BCUT2D eigenvalue weighted by atomic mass is 28.2. The molecule has 0 fully saturated rings. The second-order valence-corrected chi connectivity index (χ2v) is 6.01. The number of benzene rings is 1. The van der Waals surface area contributed by atoms with Crippen LogP contribution in [0.1, 0.15) is 31.9 Å². The van der Waals surface area contributed by atoms with Gasteiger partial charge in [-0.15, -0.1) is 0 Å². The van der Waals surface area contributed by atoms with E-state index in [9.17, 15) is 0 Å². The zero-order chi connectivity index (χ0) is 10.6. The van der Waals surface area contributed by atoms with Gasteiger partial charge in [0, 0.05) is 9.52 Å². The van der Waals surface area contributed by atoms with Gasteiger partial charge in [-0.05, 0) is 23.0 Å². The average Bonchev–Trinajstić information content (AvgIpc) is 2.14. The smallest absolute Gasteiger partial charge is 0.0346 e. The average molecular weight is 204 g/mol. The van der Waals surface area contributed by atoms with E-state index in [4.69, 9.17) is 0 Å². The Morgan fingerprint density at radius 1 is 1.07 bits per heavy atom. The lowest BCUT2D eigenvalue weighted by Crippen LogP contribution is -2.10. The minimum Gasteiger partial charge on any atom is -0.0733 e. The molecule has 0 aliphatic rings. The molecule has 0 N–H and O–H groups in total. The molecule has 2 radical (unpaired) electrons. The van der Waals surface area contributed by atoms with Gasteiger partial charge in [-0.3, -0.25) is 0 Å². The Kier molecular flexibility index (Phi) is 3.94. The van der Waals surface area contributed by atoms with E-state index in [1.165, 1.54) is 23.6 Å². The van der Waals surface area contributed by atoms with Crippen LogP contribution in [-0.4, -0.2) is 9.52 Å². The van der Waals surface area contributed by atoms with Gasteiger partial charge >= 0.3 is 0 Å². The van der Waals surface area contributed by atoms with Gasteiger partial charge in [0.15, 0.2) is 0 Å². The van der Waals surface area contributed by atoms with Crippen LogP contribution in [0, 0.1) is 0 Å². The van der Waals surface area contributed by atoms with Crippen molar-refractivity contribution in [3.63, 3.8) is 0 Å². The minimum absolute atomic E-state index is 0.283. The first-order chi connectivity index (χ1) is 6.54. The van der Waals surface area contributed by atoms with Gasteiger partial charge in [0.1, 0.15) is 0 Å². The molecule has 0 nitrogen and oxygen atoms in total. The molecule has 1 heteroatoms. The monoisotopic (exact) mass is 204 g/mol. The molecule has 0 bridgehead atoms. The predicted molar refractivity (Wildman–Crippen MR) is 65.3 cm³/mol. The second kappa shape index (κ2) is 4.79. The van der Waals surface area contributed by atoms with Gasteiger partial charge in [0.2, 0.25) is 0 Å². The fourth-order valence-electron chi connectivity index (χ4n) is 1.44. The van der Waals surface area contributed by atoms with Crippen LogP contribution in [0.25, 0.3) is 0 Å². The largest absolute Gasteiger partial charge is 0.0733 e. The second-order valence-electron chi connectivity index (χ2n) is 4.80. The van der Waals surface area contributed by atoms with Crippen molar-refractivity contribution < 1.29 is 0 Å². The maximum Gasteiger partial charge on any atom is 0.0346 e. The number of rotatable bonds is 3. The summed E-state index contributed by atoms with van der Waals surface area (Å²) in [5, 5.41) is 0. The third-order valence-corrected chi connectivity index (χ3v) is 3.23. The lowest BCUT2D eigenvalue weighted by Gasteiger charge is -2.19. The Morgan fingerprint density at radius 2 is 1.64 bits per heavy atom. The van der Waals surface area contributed by atoms with E-state index in [-0.39, 0.29) is 5.41 Å². The number of aryl methyl sites for hydroxylation is 1. The molecule has 1 aromatic rings. The van der Waals surface area contributed by atoms with E-state index >= 15 is 0 Å². The van der Waals surface area contributed by atoms with Gasteiger partial charge in [0.05, 0.1) is 0 Å². The molecule has 14 heavy (non-hydrogen) atoms. The minimum atomic E-state index is 0.283. The summed E-state index contributed by atoms with van der Waals surface area (Å²) in [6.45, 7) is 9.05. The summed E-state index contributed by atoms with van der Waals surface area (Å²) < 4.78 is 0. The maximum absolute atomic E-state index is 2.28. The third kappa shape index (κ3) is 3.30. The normalized spacial score (nSPS) is 11.7. The van der Waals surface area contributed by atoms with Gasteiger partial charge in [0.25, 0.3) is 0 Å². The molecule has 0 aromatic heterocycles. The van der Waals surface area contributed by atoms with Crippen LogP contribution in [0.3, 0.4) is 0 Å². The molecule has 0 saturated heterocycles. The van der Waals surface area contributed by atoms with Crippen LogP contribution in [-0.2, 0) is 11.8 Å². The zero-order valence-corrected chi connectivity index (χ0v) is 10.7. The molecule has 0 heterocycles. The fraction of sp³-hybridized carbons (Fsp3) is 0.538. The summed E-state index contributed by atoms with van der Waals surface area (Å²) in [6.07, 6.45) is 1.24. The van der Waals surface area contributed by atoms with Crippen LogP contribution >= 0.6 is 0 Å². The van der Waals surface area contributed by atoms with Crippen LogP contribution in [0.4, 0.5) is 0 Å².